The van der Waals surface area contributed by atoms with Gasteiger partial charge >= 0.3 is 0 Å². The van der Waals surface area contributed by atoms with Crippen molar-refractivity contribution in [3.63, 3.8) is 0 Å². The van der Waals surface area contributed by atoms with E-state index in [0.717, 1.165) is 57.5 Å². The lowest BCUT2D eigenvalue weighted by atomic mass is 9.67. The van der Waals surface area contributed by atoms with E-state index in [0.29, 0.717) is 6.42 Å². The highest BCUT2D eigenvalue weighted by molar-refractivity contribution is 5.84. The minimum atomic E-state index is -0.0123. The van der Waals surface area contributed by atoms with Crippen molar-refractivity contribution in [2.45, 2.75) is 38.5 Å². The van der Waals surface area contributed by atoms with Crippen LogP contribution in [0.4, 0.5) is 0 Å². The molecule has 2 aliphatic rings. The summed E-state index contributed by atoms with van der Waals surface area (Å²) in [5.41, 5.74) is 1.37. The number of amides is 2. The normalized spacial score (nSPS) is 22.9. The fourth-order valence-corrected chi connectivity index (χ4v) is 4.59. The molecule has 1 atom stereocenters. The number of benzene rings is 1. The maximum absolute atomic E-state index is 13.0. The van der Waals surface area contributed by atoms with Gasteiger partial charge in [-0.2, -0.15) is 0 Å². The van der Waals surface area contributed by atoms with E-state index < -0.39 is 0 Å². The summed E-state index contributed by atoms with van der Waals surface area (Å²) in [5, 5.41) is 0. The lowest BCUT2D eigenvalue weighted by molar-refractivity contribution is -0.141. The van der Waals surface area contributed by atoms with E-state index in [1.54, 1.807) is 4.90 Å². The summed E-state index contributed by atoms with van der Waals surface area (Å²) in [5.74, 6) is 0.468. The van der Waals surface area contributed by atoms with Crippen molar-refractivity contribution in [2.75, 3.05) is 46.8 Å². The quantitative estimate of drug-likeness (QED) is 0.799. The zero-order chi connectivity index (χ0) is 19.4. The van der Waals surface area contributed by atoms with E-state index in [1.165, 1.54) is 0 Å². The van der Waals surface area contributed by atoms with Gasteiger partial charge in [0.25, 0.3) is 0 Å². The second-order valence-corrected chi connectivity index (χ2v) is 8.40. The molecule has 1 aromatic rings. The second-order valence-electron chi connectivity index (χ2n) is 8.40. The molecule has 5 heteroatoms. The third-order valence-corrected chi connectivity index (χ3v) is 6.41. The molecule has 0 radical (unpaired) electrons. The number of hydrogen-bond donors (Lipinski definition) is 0. The van der Waals surface area contributed by atoms with Gasteiger partial charge in [0.1, 0.15) is 0 Å². The summed E-state index contributed by atoms with van der Waals surface area (Å²) >= 11 is 0. The fraction of sp³-hybridized carbons (Fsp3) is 0.636. The minimum absolute atomic E-state index is 0.0123. The van der Waals surface area contributed by atoms with Crippen LogP contribution in [0.1, 0.15) is 44.1 Å². The Bertz CT molecular complexity index is 651. The average Bonchev–Trinajstić information content (AvgIpc) is 2.69. The fourth-order valence-electron chi connectivity index (χ4n) is 4.59. The van der Waals surface area contributed by atoms with Crippen molar-refractivity contribution in [3.05, 3.63) is 35.9 Å². The van der Waals surface area contributed by atoms with Gasteiger partial charge in [-0.3, -0.25) is 9.59 Å². The van der Waals surface area contributed by atoms with Crippen LogP contribution in [0.15, 0.2) is 30.3 Å². The number of hydrogen-bond acceptors (Lipinski definition) is 3. The van der Waals surface area contributed by atoms with Crippen molar-refractivity contribution in [3.8, 4) is 0 Å². The number of piperidine rings is 2. The maximum Gasteiger partial charge on any atom is 0.230 e. The lowest BCUT2D eigenvalue weighted by Crippen LogP contribution is -2.54. The average molecular weight is 372 g/mol. The van der Waals surface area contributed by atoms with E-state index in [-0.39, 0.29) is 23.1 Å². The van der Waals surface area contributed by atoms with Gasteiger partial charge in [-0.15, -0.1) is 0 Å². The highest BCUT2D eigenvalue weighted by Gasteiger charge is 2.45. The number of likely N-dealkylation sites (tertiary alicyclic amines) is 2. The predicted molar refractivity (Wildman–Crippen MR) is 107 cm³/mol. The third-order valence-electron chi connectivity index (χ3n) is 6.41. The Morgan fingerprint density at radius 3 is 2.44 bits per heavy atom. The molecule has 27 heavy (non-hydrogen) atoms. The van der Waals surface area contributed by atoms with Gasteiger partial charge in [0.05, 0.1) is 5.92 Å². The molecular formula is C22H33N3O2. The Hall–Kier alpha value is -1.88. The van der Waals surface area contributed by atoms with E-state index in [9.17, 15) is 9.59 Å². The minimum Gasteiger partial charge on any atom is -0.349 e. The summed E-state index contributed by atoms with van der Waals surface area (Å²) in [6.07, 6.45) is 3.76. The Kier molecular flexibility index (Phi) is 6.20. The second kappa shape index (κ2) is 8.42. The lowest BCUT2D eigenvalue weighted by Gasteiger charge is -2.50. The topological polar surface area (TPSA) is 43.9 Å². The summed E-state index contributed by atoms with van der Waals surface area (Å²) < 4.78 is 0. The molecule has 0 N–H and O–H groups in total. The van der Waals surface area contributed by atoms with Crippen LogP contribution < -0.4 is 0 Å². The standard InChI is InChI=1S/C22H33N3O2/c1-4-25-17-22(16-19(21(25)27)18-8-6-5-7-9-18)11-14-24(15-12-22)13-10-20(26)23(2)3/h5-9,19H,4,10-17H2,1-3H3. The number of carbonyl (C=O) groups is 2. The molecule has 148 valence electrons. The van der Waals surface area contributed by atoms with Crippen molar-refractivity contribution in [2.24, 2.45) is 5.41 Å². The zero-order valence-electron chi connectivity index (χ0n) is 17.0. The smallest absolute Gasteiger partial charge is 0.230 e. The summed E-state index contributed by atoms with van der Waals surface area (Å²) in [6.45, 7) is 6.63. The largest absolute Gasteiger partial charge is 0.349 e. The van der Waals surface area contributed by atoms with Gasteiger partial charge in [0, 0.05) is 40.2 Å². The van der Waals surface area contributed by atoms with Crippen LogP contribution >= 0.6 is 0 Å². The molecule has 1 spiro atoms. The van der Waals surface area contributed by atoms with Crippen molar-refractivity contribution in [1.29, 1.82) is 0 Å². The number of likely N-dealkylation sites (N-methyl/N-ethyl adjacent to an activating group) is 1. The Labute approximate surface area is 163 Å². The van der Waals surface area contributed by atoms with Gasteiger partial charge in [0.2, 0.25) is 11.8 Å². The van der Waals surface area contributed by atoms with Gasteiger partial charge in [-0.25, -0.2) is 0 Å². The summed E-state index contributed by atoms with van der Waals surface area (Å²) in [4.78, 5) is 31.0. The van der Waals surface area contributed by atoms with E-state index in [2.05, 4.69) is 28.9 Å². The molecule has 2 fully saturated rings. The first-order valence-electron chi connectivity index (χ1n) is 10.2. The third kappa shape index (κ3) is 4.52. The molecule has 2 aliphatic heterocycles. The number of carbonyl (C=O) groups excluding carboxylic acids is 2. The first kappa shape index (κ1) is 19.9. The first-order valence-corrected chi connectivity index (χ1v) is 10.2. The zero-order valence-corrected chi connectivity index (χ0v) is 17.0. The molecule has 1 unspecified atom stereocenters. The van der Waals surface area contributed by atoms with Crippen LogP contribution in [-0.2, 0) is 9.59 Å². The van der Waals surface area contributed by atoms with E-state index in [1.807, 2.05) is 32.3 Å². The van der Waals surface area contributed by atoms with Gasteiger partial charge in [-0.1, -0.05) is 30.3 Å². The SMILES string of the molecule is CCN1CC2(CCN(CCC(=O)N(C)C)CC2)CC(c2ccccc2)C1=O. The van der Waals surface area contributed by atoms with E-state index >= 15 is 0 Å². The molecule has 3 rings (SSSR count). The van der Waals surface area contributed by atoms with Crippen LogP contribution in [-0.4, -0.2) is 73.3 Å². The first-order chi connectivity index (χ1) is 12.9. The predicted octanol–water partition coefficient (Wildman–Crippen LogP) is 2.58. The van der Waals surface area contributed by atoms with Crippen LogP contribution in [0.3, 0.4) is 0 Å². The Morgan fingerprint density at radius 2 is 1.85 bits per heavy atom. The molecule has 0 bridgehead atoms. The highest BCUT2D eigenvalue weighted by atomic mass is 16.2. The molecule has 5 nitrogen and oxygen atoms in total. The monoisotopic (exact) mass is 371 g/mol. The number of rotatable bonds is 5. The molecule has 2 saturated heterocycles. The Morgan fingerprint density at radius 1 is 1.19 bits per heavy atom. The molecule has 2 heterocycles. The van der Waals surface area contributed by atoms with Gasteiger partial charge in [-0.05, 0) is 50.3 Å². The molecule has 2 amide bonds. The van der Waals surface area contributed by atoms with Gasteiger partial charge in [0.15, 0.2) is 0 Å². The van der Waals surface area contributed by atoms with Crippen LogP contribution in [0, 0.1) is 5.41 Å². The van der Waals surface area contributed by atoms with E-state index in [4.69, 9.17) is 0 Å². The Balaban J connectivity index is 1.65. The summed E-state index contributed by atoms with van der Waals surface area (Å²) in [6, 6.07) is 10.3. The summed E-state index contributed by atoms with van der Waals surface area (Å²) in [7, 11) is 3.63. The van der Waals surface area contributed by atoms with Gasteiger partial charge < -0.3 is 14.7 Å². The van der Waals surface area contributed by atoms with Crippen LogP contribution in [0.25, 0.3) is 0 Å². The molecular weight excluding hydrogens is 338 g/mol. The van der Waals surface area contributed by atoms with Crippen molar-refractivity contribution >= 4 is 11.8 Å². The molecule has 0 aromatic heterocycles. The van der Waals surface area contributed by atoms with Crippen LogP contribution in [0.2, 0.25) is 0 Å². The molecule has 0 saturated carbocycles. The maximum atomic E-state index is 13.0. The van der Waals surface area contributed by atoms with Crippen molar-refractivity contribution in [1.82, 2.24) is 14.7 Å². The number of nitrogens with zero attached hydrogens (tertiary/aromatic N) is 3. The molecule has 0 aliphatic carbocycles. The van der Waals surface area contributed by atoms with Crippen LogP contribution in [0.5, 0.6) is 0 Å². The molecule has 1 aromatic carbocycles. The van der Waals surface area contributed by atoms with Crippen molar-refractivity contribution < 1.29 is 9.59 Å². The highest BCUT2D eigenvalue weighted by Crippen LogP contribution is 2.45.